The molecular formula is C18H15F3N4O. The molecule has 0 bridgehead atoms. The quantitative estimate of drug-likeness (QED) is 0.646. The number of rotatable bonds is 5. The maximum atomic E-state index is 13.8. The highest BCUT2D eigenvalue weighted by molar-refractivity contribution is 5.67. The van der Waals surface area contributed by atoms with Crippen molar-refractivity contribution in [1.82, 2.24) is 9.97 Å². The van der Waals surface area contributed by atoms with E-state index in [0.717, 1.165) is 12.1 Å². The molecule has 5 nitrogen and oxygen atoms in total. The number of para-hydroxylation sites is 2. The van der Waals surface area contributed by atoms with Gasteiger partial charge >= 0.3 is 0 Å². The van der Waals surface area contributed by atoms with Gasteiger partial charge in [0.05, 0.1) is 18.5 Å². The number of halogens is 3. The maximum absolute atomic E-state index is 13.8. The predicted molar refractivity (Wildman–Crippen MR) is 92.6 cm³/mol. The van der Waals surface area contributed by atoms with Crippen molar-refractivity contribution >= 4 is 23.0 Å². The Balaban J connectivity index is 1.90. The maximum Gasteiger partial charge on any atom is 0.196 e. The van der Waals surface area contributed by atoms with Crippen molar-refractivity contribution < 1.29 is 17.9 Å². The van der Waals surface area contributed by atoms with E-state index in [2.05, 4.69) is 20.6 Å². The summed E-state index contributed by atoms with van der Waals surface area (Å²) in [5.74, 6) is -2.47. The molecule has 0 radical (unpaired) electrons. The molecule has 0 amide bonds. The van der Waals surface area contributed by atoms with Crippen LogP contribution in [0.4, 0.5) is 36.2 Å². The van der Waals surface area contributed by atoms with E-state index < -0.39 is 17.5 Å². The summed E-state index contributed by atoms with van der Waals surface area (Å²) in [6.45, 7) is 1.65. The van der Waals surface area contributed by atoms with E-state index in [4.69, 9.17) is 4.74 Å². The summed E-state index contributed by atoms with van der Waals surface area (Å²) in [5.41, 5.74) is 0.447. The van der Waals surface area contributed by atoms with Crippen LogP contribution in [0.3, 0.4) is 0 Å². The predicted octanol–water partition coefficient (Wildman–Crippen LogP) is 4.70. The molecule has 0 spiro atoms. The van der Waals surface area contributed by atoms with Crippen molar-refractivity contribution in [2.75, 3.05) is 17.7 Å². The van der Waals surface area contributed by atoms with Gasteiger partial charge in [-0.15, -0.1) is 0 Å². The Bertz CT molecular complexity index is 950. The molecule has 1 heterocycles. The van der Waals surface area contributed by atoms with Crippen LogP contribution >= 0.6 is 0 Å². The minimum absolute atomic E-state index is 0.222. The molecule has 134 valence electrons. The zero-order valence-corrected chi connectivity index (χ0v) is 14.0. The molecule has 0 atom stereocenters. The molecule has 2 N–H and O–H groups in total. The van der Waals surface area contributed by atoms with Gasteiger partial charge in [-0.3, -0.25) is 0 Å². The fourth-order valence-electron chi connectivity index (χ4n) is 2.34. The summed E-state index contributed by atoms with van der Waals surface area (Å²) < 4.78 is 45.5. The summed E-state index contributed by atoms with van der Waals surface area (Å²) >= 11 is 0. The lowest BCUT2D eigenvalue weighted by Crippen LogP contribution is -2.04. The number of aryl methyl sites for hydroxylation is 1. The van der Waals surface area contributed by atoms with E-state index in [-0.39, 0.29) is 11.5 Å². The smallest absolute Gasteiger partial charge is 0.196 e. The number of benzene rings is 2. The lowest BCUT2D eigenvalue weighted by molar-refractivity contribution is 0.417. The molecule has 8 heteroatoms. The molecule has 0 aliphatic heterocycles. The Morgan fingerprint density at radius 2 is 1.50 bits per heavy atom. The molecule has 3 aromatic rings. The number of hydrogen-bond acceptors (Lipinski definition) is 5. The van der Waals surface area contributed by atoms with Crippen molar-refractivity contribution in [2.45, 2.75) is 6.92 Å². The molecule has 0 aliphatic rings. The first-order valence-corrected chi connectivity index (χ1v) is 7.64. The molecule has 2 aromatic carbocycles. The topological polar surface area (TPSA) is 59.1 Å². The van der Waals surface area contributed by atoms with Gasteiger partial charge in [0, 0.05) is 6.07 Å². The highest BCUT2D eigenvalue weighted by Gasteiger charge is 2.14. The van der Waals surface area contributed by atoms with Crippen LogP contribution in [0.1, 0.15) is 5.82 Å². The van der Waals surface area contributed by atoms with Crippen molar-refractivity contribution in [2.24, 2.45) is 0 Å². The van der Waals surface area contributed by atoms with Gasteiger partial charge in [-0.05, 0) is 31.2 Å². The third kappa shape index (κ3) is 3.69. The Hall–Kier alpha value is -3.29. The van der Waals surface area contributed by atoms with Gasteiger partial charge in [0.2, 0.25) is 0 Å². The second kappa shape index (κ2) is 7.30. The first-order chi connectivity index (χ1) is 12.5. The molecule has 26 heavy (non-hydrogen) atoms. The first kappa shape index (κ1) is 17.5. The van der Waals surface area contributed by atoms with E-state index in [0.29, 0.717) is 23.1 Å². The van der Waals surface area contributed by atoms with E-state index in [9.17, 15) is 13.2 Å². The second-order valence-corrected chi connectivity index (χ2v) is 5.36. The van der Waals surface area contributed by atoms with E-state index in [1.54, 1.807) is 26.2 Å². The normalized spacial score (nSPS) is 10.5. The summed E-state index contributed by atoms with van der Waals surface area (Å²) in [6.07, 6.45) is 0. The number of aromatic nitrogens is 2. The van der Waals surface area contributed by atoms with E-state index in [1.165, 1.54) is 6.07 Å². The van der Waals surface area contributed by atoms with Gasteiger partial charge in [0.1, 0.15) is 23.2 Å². The van der Waals surface area contributed by atoms with Crippen LogP contribution in [0.5, 0.6) is 5.75 Å². The van der Waals surface area contributed by atoms with E-state index in [1.807, 2.05) is 12.1 Å². The SMILES string of the molecule is COc1ccccc1Nc1cc(Nc2ccc(F)c(F)c2F)nc(C)n1. The van der Waals surface area contributed by atoms with E-state index >= 15 is 0 Å². The molecule has 1 aromatic heterocycles. The largest absolute Gasteiger partial charge is 0.495 e. The Morgan fingerprint density at radius 3 is 2.19 bits per heavy atom. The lowest BCUT2D eigenvalue weighted by atomic mass is 10.2. The van der Waals surface area contributed by atoms with Crippen molar-refractivity contribution in [3.8, 4) is 5.75 Å². The van der Waals surface area contributed by atoms with Crippen LogP contribution in [0.15, 0.2) is 42.5 Å². The summed E-state index contributed by atoms with van der Waals surface area (Å²) in [4.78, 5) is 8.38. The van der Waals surface area contributed by atoms with Gasteiger partial charge in [0.15, 0.2) is 17.5 Å². The number of nitrogens with zero attached hydrogens (tertiary/aromatic N) is 2. The number of ether oxygens (including phenoxy) is 1. The fourth-order valence-corrected chi connectivity index (χ4v) is 2.34. The number of anilines is 4. The average Bonchev–Trinajstić information content (AvgIpc) is 2.62. The minimum atomic E-state index is -1.55. The molecule has 3 rings (SSSR count). The van der Waals surface area contributed by atoms with Crippen molar-refractivity contribution in [1.29, 1.82) is 0 Å². The van der Waals surface area contributed by atoms with Gasteiger partial charge < -0.3 is 15.4 Å². The fraction of sp³-hybridized carbons (Fsp3) is 0.111. The number of nitrogens with one attached hydrogen (secondary N) is 2. The molecular weight excluding hydrogens is 345 g/mol. The zero-order chi connectivity index (χ0) is 18.7. The zero-order valence-electron chi connectivity index (χ0n) is 14.0. The van der Waals surface area contributed by atoms with Gasteiger partial charge in [-0.25, -0.2) is 23.1 Å². The second-order valence-electron chi connectivity index (χ2n) is 5.36. The molecule has 0 saturated heterocycles. The number of methoxy groups -OCH3 is 1. The summed E-state index contributed by atoms with van der Waals surface area (Å²) in [6, 6.07) is 10.7. The molecule has 0 aliphatic carbocycles. The third-order valence-electron chi connectivity index (χ3n) is 3.51. The highest BCUT2D eigenvalue weighted by atomic mass is 19.2. The Morgan fingerprint density at radius 1 is 0.846 bits per heavy atom. The third-order valence-corrected chi connectivity index (χ3v) is 3.51. The van der Waals surface area contributed by atoms with Crippen LogP contribution in [-0.2, 0) is 0 Å². The lowest BCUT2D eigenvalue weighted by Gasteiger charge is -2.13. The summed E-state index contributed by atoms with van der Waals surface area (Å²) in [7, 11) is 1.55. The van der Waals surface area contributed by atoms with Crippen LogP contribution < -0.4 is 15.4 Å². The Kier molecular flexibility index (Phi) is 4.92. The van der Waals surface area contributed by atoms with Crippen LogP contribution in [0, 0.1) is 24.4 Å². The van der Waals surface area contributed by atoms with Crippen molar-refractivity contribution in [3.05, 3.63) is 65.7 Å². The van der Waals surface area contributed by atoms with Gasteiger partial charge in [-0.1, -0.05) is 12.1 Å². The van der Waals surface area contributed by atoms with Gasteiger partial charge in [0.25, 0.3) is 0 Å². The highest BCUT2D eigenvalue weighted by Crippen LogP contribution is 2.28. The molecule has 0 saturated carbocycles. The average molecular weight is 360 g/mol. The standard InChI is InChI=1S/C18H15F3N4O/c1-10-22-15(24-12-5-3-4-6-14(12)26-2)9-16(23-10)25-13-8-7-11(19)17(20)18(13)21/h3-9H,1-2H3,(H2,22,23,24,25). The molecule has 0 fully saturated rings. The summed E-state index contributed by atoms with van der Waals surface area (Å²) in [5, 5.41) is 5.71. The van der Waals surface area contributed by atoms with Crippen LogP contribution in [0.25, 0.3) is 0 Å². The number of hydrogen-bond donors (Lipinski definition) is 2. The first-order valence-electron chi connectivity index (χ1n) is 7.64. The van der Waals surface area contributed by atoms with Crippen LogP contribution in [-0.4, -0.2) is 17.1 Å². The van der Waals surface area contributed by atoms with Crippen LogP contribution in [0.2, 0.25) is 0 Å². The molecule has 0 unspecified atom stereocenters. The van der Waals surface area contributed by atoms with Crippen molar-refractivity contribution in [3.63, 3.8) is 0 Å². The minimum Gasteiger partial charge on any atom is -0.495 e. The van der Waals surface area contributed by atoms with Gasteiger partial charge in [-0.2, -0.15) is 0 Å². The monoisotopic (exact) mass is 360 g/mol. The Labute approximate surface area is 147 Å².